The van der Waals surface area contributed by atoms with Gasteiger partial charge in [-0.3, -0.25) is 4.99 Å². The molecule has 0 aliphatic heterocycles. The number of hydrogen-bond donors (Lipinski definition) is 2. The molecule has 20 heavy (non-hydrogen) atoms. The van der Waals surface area contributed by atoms with Gasteiger partial charge in [-0.1, -0.05) is 6.92 Å². The smallest absolute Gasteiger partial charge is 0.191 e. The van der Waals surface area contributed by atoms with Gasteiger partial charge in [-0.05, 0) is 50.4 Å². The number of nitrogens with zero attached hydrogens (tertiary/aromatic N) is 1. The van der Waals surface area contributed by atoms with Gasteiger partial charge in [0.05, 0.1) is 0 Å². The fourth-order valence-electron chi connectivity index (χ4n) is 2.37. The van der Waals surface area contributed by atoms with Crippen molar-refractivity contribution in [3.63, 3.8) is 0 Å². The first-order valence-corrected chi connectivity index (χ1v) is 9.89. The van der Waals surface area contributed by atoms with E-state index >= 15 is 0 Å². The second-order valence-electron chi connectivity index (χ2n) is 4.84. The van der Waals surface area contributed by atoms with Crippen LogP contribution in [0.25, 0.3) is 0 Å². The molecule has 1 rings (SSSR count). The van der Waals surface area contributed by atoms with Crippen LogP contribution in [0.2, 0.25) is 0 Å². The van der Waals surface area contributed by atoms with Gasteiger partial charge in [-0.15, -0.1) is 24.0 Å². The molecule has 1 aliphatic carbocycles. The number of thioether (sulfide) groups is 2. The fourth-order valence-corrected chi connectivity index (χ4v) is 3.93. The molecular formula is C14H30IN3S2. The first-order valence-electron chi connectivity index (χ1n) is 7.45. The van der Waals surface area contributed by atoms with Crippen molar-refractivity contribution < 1.29 is 0 Å². The van der Waals surface area contributed by atoms with Crippen molar-refractivity contribution in [1.29, 1.82) is 0 Å². The molecule has 0 aromatic rings. The van der Waals surface area contributed by atoms with Crippen LogP contribution in [-0.2, 0) is 0 Å². The summed E-state index contributed by atoms with van der Waals surface area (Å²) in [4.78, 5) is 4.66. The summed E-state index contributed by atoms with van der Waals surface area (Å²) in [5, 5.41) is 7.81. The average Bonchev–Trinajstić information content (AvgIpc) is 2.83. The quantitative estimate of drug-likeness (QED) is 0.267. The predicted molar refractivity (Wildman–Crippen MR) is 107 cm³/mol. The van der Waals surface area contributed by atoms with E-state index in [0.717, 1.165) is 30.7 Å². The van der Waals surface area contributed by atoms with Gasteiger partial charge in [0, 0.05) is 24.4 Å². The minimum Gasteiger partial charge on any atom is -0.357 e. The zero-order valence-electron chi connectivity index (χ0n) is 13.0. The SMILES string of the molecule is CCNC(=NCCCSC)NC1CCC(SCC)C1.I. The summed E-state index contributed by atoms with van der Waals surface area (Å²) >= 11 is 4.00. The zero-order chi connectivity index (χ0) is 13.9. The normalized spacial score (nSPS) is 22.4. The van der Waals surface area contributed by atoms with Gasteiger partial charge in [0.2, 0.25) is 0 Å². The Morgan fingerprint density at radius 1 is 1.30 bits per heavy atom. The summed E-state index contributed by atoms with van der Waals surface area (Å²) in [6.07, 6.45) is 7.23. The Bertz CT molecular complexity index is 265. The minimum atomic E-state index is 0. The molecule has 1 fully saturated rings. The number of aliphatic imine (C=N–C) groups is 1. The second kappa shape index (κ2) is 13.4. The van der Waals surface area contributed by atoms with Crippen LogP contribution < -0.4 is 10.6 Å². The standard InChI is InChI=1S/C14H29N3S2.HI/c1-4-15-14(16-9-6-10-18-3)17-12-7-8-13(11-12)19-5-2;/h12-13H,4-11H2,1-3H3,(H2,15,16,17);1H. The van der Waals surface area contributed by atoms with E-state index in [0.29, 0.717) is 6.04 Å². The second-order valence-corrected chi connectivity index (χ2v) is 7.40. The largest absolute Gasteiger partial charge is 0.357 e. The molecule has 0 spiro atoms. The fraction of sp³-hybridized carbons (Fsp3) is 0.929. The van der Waals surface area contributed by atoms with Crippen molar-refractivity contribution in [2.45, 2.75) is 50.8 Å². The molecular weight excluding hydrogens is 401 g/mol. The van der Waals surface area contributed by atoms with Crippen molar-refractivity contribution in [3.05, 3.63) is 0 Å². The summed E-state index contributed by atoms with van der Waals surface area (Å²) in [5.41, 5.74) is 0. The molecule has 3 nitrogen and oxygen atoms in total. The number of halogens is 1. The highest BCUT2D eigenvalue weighted by Crippen LogP contribution is 2.29. The van der Waals surface area contributed by atoms with Crippen LogP contribution in [0, 0.1) is 0 Å². The summed E-state index contributed by atoms with van der Waals surface area (Å²) in [6.45, 7) is 6.25. The third-order valence-electron chi connectivity index (χ3n) is 3.25. The first kappa shape index (κ1) is 20.7. The van der Waals surface area contributed by atoms with E-state index in [4.69, 9.17) is 0 Å². The Morgan fingerprint density at radius 2 is 2.10 bits per heavy atom. The molecule has 0 aromatic heterocycles. The molecule has 0 aromatic carbocycles. The number of guanidine groups is 1. The molecule has 120 valence electrons. The summed E-state index contributed by atoms with van der Waals surface area (Å²) in [6, 6.07) is 0.613. The molecule has 2 N–H and O–H groups in total. The number of rotatable bonds is 8. The maximum absolute atomic E-state index is 4.66. The topological polar surface area (TPSA) is 36.4 Å². The number of nitrogens with one attached hydrogen (secondary N) is 2. The Balaban J connectivity index is 0.00000361. The third-order valence-corrected chi connectivity index (χ3v) is 5.18. The van der Waals surface area contributed by atoms with Gasteiger partial charge in [-0.2, -0.15) is 23.5 Å². The van der Waals surface area contributed by atoms with Crippen LogP contribution in [0.1, 0.15) is 39.5 Å². The highest BCUT2D eigenvalue weighted by atomic mass is 127. The van der Waals surface area contributed by atoms with Gasteiger partial charge >= 0.3 is 0 Å². The van der Waals surface area contributed by atoms with Crippen LogP contribution in [0.5, 0.6) is 0 Å². The van der Waals surface area contributed by atoms with Crippen molar-refractivity contribution in [3.8, 4) is 0 Å². The molecule has 1 aliphatic rings. The van der Waals surface area contributed by atoms with Gasteiger partial charge in [-0.25, -0.2) is 0 Å². The number of hydrogen-bond acceptors (Lipinski definition) is 3. The maximum atomic E-state index is 4.66. The third kappa shape index (κ3) is 8.87. The van der Waals surface area contributed by atoms with E-state index in [-0.39, 0.29) is 24.0 Å². The minimum absolute atomic E-state index is 0. The Morgan fingerprint density at radius 3 is 2.75 bits per heavy atom. The van der Waals surface area contributed by atoms with E-state index < -0.39 is 0 Å². The van der Waals surface area contributed by atoms with Crippen LogP contribution in [0.3, 0.4) is 0 Å². The average molecular weight is 431 g/mol. The molecule has 0 saturated heterocycles. The van der Waals surface area contributed by atoms with Crippen LogP contribution in [0.4, 0.5) is 0 Å². The van der Waals surface area contributed by atoms with Gasteiger partial charge in [0.1, 0.15) is 0 Å². The monoisotopic (exact) mass is 431 g/mol. The summed E-state index contributed by atoms with van der Waals surface area (Å²) < 4.78 is 0. The molecule has 0 heterocycles. The highest BCUT2D eigenvalue weighted by molar-refractivity contribution is 14.0. The lowest BCUT2D eigenvalue weighted by Crippen LogP contribution is -2.42. The van der Waals surface area contributed by atoms with Crippen molar-refractivity contribution in [2.24, 2.45) is 4.99 Å². The summed E-state index contributed by atoms with van der Waals surface area (Å²) in [7, 11) is 0. The summed E-state index contributed by atoms with van der Waals surface area (Å²) in [5.74, 6) is 3.44. The van der Waals surface area contributed by atoms with Gasteiger partial charge in [0.25, 0.3) is 0 Å². The molecule has 2 unspecified atom stereocenters. The molecule has 0 bridgehead atoms. The van der Waals surface area contributed by atoms with Crippen molar-refractivity contribution >= 4 is 53.5 Å². The molecule has 0 amide bonds. The van der Waals surface area contributed by atoms with Crippen LogP contribution >= 0.6 is 47.5 Å². The molecule has 1 saturated carbocycles. The van der Waals surface area contributed by atoms with E-state index in [9.17, 15) is 0 Å². The van der Waals surface area contributed by atoms with Crippen molar-refractivity contribution in [1.82, 2.24) is 10.6 Å². The van der Waals surface area contributed by atoms with E-state index in [1.807, 2.05) is 11.8 Å². The van der Waals surface area contributed by atoms with E-state index in [1.165, 1.54) is 30.8 Å². The predicted octanol–water partition coefficient (Wildman–Crippen LogP) is 3.59. The van der Waals surface area contributed by atoms with Crippen LogP contribution in [0.15, 0.2) is 4.99 Å². The van der Waals surface area contributed by atoms with Gasteiger partial charge < -0.3 is 10.6 Å². The lowest BCUT2D eigenvalue weighted by atomic mass is 10.2. The van der Waals surface area contributed by atoms with Crippen LogP contribution in [-0.4, -0.2) is 48.1 Å². The first-order chi connectivity index (χ1) is 9.30. The van der Waals surface area contributed by atoms with Crippen molar-refractivity contribution in [2.75, 3.05) is 30.9 Å². The molecule has 0 radical (unpaired) electrons. The Hall–Kier alpha value is 0.700. The molecule has 6 heteroatoms. The van der Waals surface area contributed by atoms with Gasteiger partial charge in [0.15, 0.2) is 5.96 Å². The zero-order valence-corrected chi connectivity index (χ0v) is 16.9. The lowest BCUT2D eigenvalue weighted by molar-refractivity contribution is 0.615. The van der Waals surface area contributed by atoms with E-state index in [1.54, 1.807) is 0 Å². The Labute approximate surface area is 150 Å². The lowest BCUT2D eigenvalue weighted by Gasteiger charge is -2.17. The highest BCUT2D eigenvalue weighted by Gasteiger charge is 2.24. The van der Waals surface area contributed by atoms with E-state index in [2.05, 4.69) is 47.5 Å². The molecule has 2 atom stereocenters. The Kier molecular flexibility index (Phi) is 13.8. The maximum Gasteiger partial charge on any atom is 0.191 e.